The number of thioether (sulfide) groups is 1. The molecular weight excluding hydrogens is 358 g/mol. The number of halogens is 2. The molecule has 0 aromatic heterocycles. The largest absolute Gasteiger partial charge is 0.306 e. The van der Waals surface area contributed by atoms with Crippen molar-refractivity contribution in [2.24, 2.45) is 0 Å². The minimum Gasteiger partial charge on any atom is -0.306 e. The van der Waals surface area contributed by atoms with Gasteiger partial charge in [-0.25, -0.2) is 0 Å². The van der Waals surface area contributed by atoms with Crippen LogP contribution < -0.4 is 4.90 Å². The Balaban J connectivity index is 2.03. The number of rotatable bonds is 1. The van der Waals surface area contributed by atoms with Gasteiger partial charge >= 0.3 is 0 Å². The van der Waals surface area contributed by atoms with E-state index in [1.54, 1.807) is 16.7 Å². The Morgan fingerprint density at radius 1 is 1.25 bits per heavy atom. The van der Waals surface area contributed by atoms with Gasteiger partial charge in [0, 0.05) is 26.7 Å². The van der Waals surface area contributed by atoms with Crippen molar-refractivity contribution in [2.75, 3.05) is 17.2 Å². The van der Waals surface area contributed by atoms with Gasteiger partial charge in [-0.1, -0.05) is 23.7 Å². The highest BCUT2D eigenvalue weighted by molar-refractivity contribution is 9.10. The van der Waals surface area contributed by atoms with E-state index in [9.17, 15) is 4.79 Å². The number of nitrogens with zero attached hydrogens (tertiary/aromatic N) is 1. The third kappa shape index (κ3) is 2.60. The molecule has 1 aliphatic heterocycles. The van der Waals surface area contributed by atoms with Gasteiger partial charge in [-0.2, -0.15) is 0 Å². The molecule has 1 heterocycles. The van der Waals surface area contributed by atoms with Crippen LogP contribution in [0.15, 0.2) is 51.8 Å². The van der Waals surface area contributed by atoms with E-state index < -0.39 is 0 Å². The second-order valence-electron chi connectivity index (χ2n) is 4.40. The first-order valence-corrected chi connectivity index (χ1v) is 8.31. The Morgan fingerprint density at radius 3 is 2.85 bits per heavy atom. The fourth-order valence-electron chi connectivity index (χ4n) is 2.18. The minimum absolute atomic E-state index is 0.00120. The van der Waals surface area contributed by atoms with E-state index in [0.717, 1.165) is 20.8 Å². The Kier molecular flexibility index (Phi) is 4.06. The zero-order chi connectivity index (χ0) is 14.1. The van der Waals surface area contributed by atoms with Crippen molar-refractivity contribution in [3.63, 3.8) is 0 Å². The van der Waals surface area contributed by atoms with Crippen molar-refractivity contribution < 1.29 is 4.79 Å². The molecule has 0 saturated heterocycles. The van der Waals surface area contributed by atoms with Crippen LogP contribution in [-0.4, -0.2) is 18.2 Å². The average Bonchev–Trinajstić information content (AvgIpc) is 2.46. The molecule has 1 aliphatic rings. The van der Waals surface area contributed by atoms with Gasteiger partial charge < -0.3 is 4.90 Å². The molecule has 2 aromatic carbocycles. The summed E-state index contributed by atoms with van der Waals surface area (Å²) in [6.45, 7) is 0.693. The molecule has 0 aliphatic carbocycles. The van der Waals surface area contributed by atoms with E-state index in [1.807, 2.05) is 42.5 Å². The summed E-state index contributed by atoms with van der Waals surface area (Å²) >= 11 is 11.3. The normalized spacial score (nSPS) is 14.0. The first-order valence-electron chi connectivity index (χ1n) is 6.15. The van der Waals surface area contributed by atoms with Crippen LogP contribution in [0.5, 0.6) is 0 Å². The molecule has 3 rings (SSSR count). The van der Waals surface area contributed by atoms with Gasteiger partial charge in [0.15, 0.2) is 0 Å². The quantitative estimate of drug-likeness (QED) is 0.717. The Morgan fingerprint density at radius 2 is 2.05 bits per heavy atom. The second kappa shape index (κ2) is 5.80. The van der Waals surface area contributed by atoms with E-state index in [-0.39, 0.29) is 5.91 Å². The van der Waals surface area contributed by atoms with Gasteiger partial charge in [0.25, 0.3) is 5.91 Å². The van der Waals surface area contributed by atoms with E-state index in [2.05, 4.69) is 15.9 Å². The molecule has 2 aromatic rings. The van der Waals surface area contributed by atoms with E-state index in [1.165, 1.54) is 0 Å². The second-order valence-corrected chi connectivity index (χ2v) is 6.82. The molecule has 0 fully saturated rings. The first-order chi connectivity index (χ1) is 9.66. The fraction of sp³-hybridized carbons (Fsp3) is 0.133. The van der Waals surface area contributed by atoms with E-state index >= 15 is 0 Å². The van der Waals surface area contributed by atoms with E-state index in [4.69, 9.17) is 11.6 Å². The lowest BCUT2D eigenvalue weighted by atomic mass is 10.1. The third-order valence-electron chi connectivity index (χ3n) is 3.13. The maximum atomic E-state index is 12.7. The fourth-order valence-corrected chi connectivity index (χ4v) is 3.78. The van der Waals surface area contributed by atoms with Crippen LogP contribution in [0.25, 0.3) is 0 Å². The molecule has 5 heteroatoms. The summed E-state index contributed by atoms with van der Waals surface area (Å²) in [7, 11) is 0. The maximum Gasteiger partial charge on any atom is 0.259 e. The molecule has 0 unspecified atom stereocenters. The van der Waals surface area contributed by atoms with Crippen molar-refractivity contribution in [2.45, 2.75) is 4.90 Å². The number of hydrogen-bond acceptors (Lipinski definition) is 2. The lowest BCUT2D eigenvalue weighted by Gasteiger charge is -2.29. The predicted molar refractivity (Wildman–Crippen MR) is 88.0 cm³/mol. The van der Waals surface area contributed by atoms with Gasteiger partial charge in [-0.05, 0) is 46.3 Å². The Bertz CT molecular complexity index is 677. The smallest absolute Gasteiger partial charge is 0.259 e. The van der Waals surface area contributed by atoms with Crippen LogP contribution in [0.2, 0.25) is 5.02 Å². The Hall–Kier alpha value is -0.970. The maximum absolute atomic E-state index is 12.7. The molecule has 0 saturated carbocycles. The molecule has 2 nitrogen and oxygen atoms in total. The highest BCUT2D eigenvalue weighted by Gasteiger charge is 2.25. The van der Waals surface area contributed by atoms with Crippen molar-refractivity contribution >= 4 is 50.9 Å². The molecule has 20 heavy (non-hydrogen) atoms. The van der Waals surface area contributed by atoms with Crippen LogP contribution >= 0.6 is 39.3 Å². The summed E-state index contributed by atoms with van der Waals surface area (Å²) in [6, 6.07) is 13.2. The van der Waals surface area contributed by atoms with Gasteiger partial charge in [0.05, 0.1) is 11.3 Å². The molecule has 1 amide bonds. The predicted octanol–water partition coefficient (Wildman–Crippen LogP) is 4.86. The molecule has 102 valence electrons. The molecule has 0 radical (unpaired) electrons. The van der Waals surface area contributed by atoms with Crippen LogP contribution in [0.4, 0.5) is 5.69 Å². The van der Waals surface area contributed by atoms with Gasteiger partial charge in [0.2, 0.25) is 0 Å². The Labute approximate surface area is 135 Å². The molecule has 0 bridgehead atoms. The topological polar surface area (TPSA) is 20.3 Å². The summed E-state index contributed by atoms with van der Waals surface area (Å²) in [5.41, 5.74) is 1.57. The third-order valence-corrected chi connectivity index (χ3v) is 5.10. The summed E-state index contributed by atoms with van der Waals surface area (Å²) in [5.74, 6) is 0.895. The van der Waals surface area contributed by atoms with E-state index in [0.29, 0.717) is 17.1 Å². The lowest BCUT2D eigenvalue weighted by Crippen LogP contribution is -2.35. The number of carbonyl (C=O) groups is 1. The number of anilines is 1. The first kappa shape index (κ1) is 14.0. The van der Waals surface area contributed by atoms with Gasteiger partial charge in [-0.3, -0.25) is 4.79 Å². The van der Waals surface area contributed by atoms with Crippen LogP contribution in [0.1, 0.15) is 10.4 Å². The number of hydrogen-bond donors (Lipinski definition) is 0. The monoisotopic (exact) mass is 367 g/mol. The summed E-state index contributed by atoms with van der Waals surface area (Å²) in [5, 5.41) is 0.649. The summed E-state index contributed by atoms with van der Waals surface area (Å²) in [6.07, 6.45) is 0. The highest BCUT2D eigenvalue weighted by Crippen LogP contribution is 2.37. The standard InChI is InChI=1S/C15H11BrClNOS/c16-12-4-2-1-3-11(12)15(19)18-7-8-20-14-6-5-10(17)9-13(14)18/h1-6,9H,7-8H2. The number of fused-ring (bicyclic) bond motifs is 1. The zero-order valence-electron chi connectivity index (χ0n) is 10.5. The van der Waals surface area contributed by atoms with Crippen molar-refractivity contribution in [1.29, 1.82) is 0 Å². The number of benzene rings is 2. The van der Waals surface area contributed by atoms with Gasteiger partial charge in [-0.15, -0.1) is 11.8 Å². The molecule has 0 spiro atoms. The van der Waals surface area contributed by atoms with Crippen LogP contribution in [0.3, 0.4) is 0 Å². The SMILES string of the molecule is O=C(c1ccccc1Br)N1CCSc2ccc(Cl)cc21. The summed E-state index contributed by atoms with van der Waals surface area (Å²) < 4.78 is 0.812. The van der Waals surface area contributed by atoms with Crippen molar-refractivity contribution in [3.8, 4) is 0 Å². The minimum atomic E-state index is 0.00120. The van der Waals surface area contributed by atoms with Crippen molar-refractivity contribution in [1.82, 2.24) is 0 Å². The van der Waals surface area contributed by atoms with Gasteiger partial charge in [0.1, 0.15) is 0 Å². The average molecular weight is 369 g/mol. The zero-order valence-corrected chi connectivity index (χ0v) is 13.6. The number of carbonyl (C=O) groups excluding carboxylic acids is 1. The molecule has 0 atom stereocenters. The molecule has 0 N–H and O–H groups in total. The summed E-state index contributed by atoms with van der Waals surface area (Å²) in [4.78, 5) is 15.6. The van der Waals surface area contributed by atoms with Crippen LogP contribution in [0, 0.1) is 0 Å². The lowest BCUT2D eigenvalue weighted by molar-refractivity contribution is 0.0987. The van der Waals surface area contributed by atoms with Crippen molar-refractivity contribution in [3.05, 3.63) is 57.5 Å². The highest BCUT2D eigenvalue weighted by atomic mass is 79.9. The van der Waals surface area contributed by atoms with Crippen LogP contribution in [-0.2, 0) is 0 Å². The molecular formula is C15H11BrClNOS. The number of amides is 1.